The highest BCUT2D eigenvalue weighted by atomic mass is 35.5. The van der Waals surface area contributed by atoms with E-state index in [9.17, 15) is 0 Å². The molecule has 0 radical (unpaired) electrons. The van der Waals surface area contributed by atoms with Gasteiger partial charge in [-0.15, -0.1) is 0 Å². The molecule has 20 heavy (non-hydrogen) atoms. The van der Waals surface area contributed by atoms with Gasteiger partial charge in [0.2, 0.25) is 0 Å². The summed E-state index contributed by atoms with van der Waals surface area (Å²) in [6.07, 6.45) is 4.44. The first-order valence-corrected chi connectivity index (χ1v) is 7.18. The van der Waals surface area contributed by atoms with Gasteiger partial charge >= 0.3 is 0 Å². The molecule has 0 bridgehead atoms. The maximum absolute atomic E-state index is 6.22. The maximum Gasteiger partial charge on any atom is 0.137 e. The fourth-order valence-corrected chi connectivity index (χ4v) is 2.12. The van der Waals surface area contributed by atoms with Gasteiger partial charge < -0.3 is 10.1 Å². The summed E-state index contributed by atoms with van der Waals surface area (Å²) in [6, 6.07) is 9.88. The molecule has 0 fully saturated rings. The Kier molecular flexibility index (Phi) is 5.84. The lowest BCUT2D eigenvalue weighted by atomic mass is 10.2. The van der Waals surface area contributed by atoms with E-state index < -0.39 is 0 Å². The van der Waals surface area contributed by atoms with Crippen molar-refractivity contribution in [2.45, 2.75) is 19.9 Å². The van der Waals surface area contributed by atoms with E-state index in [4.69, 9.17) is 16.3 Å². The number of aromatic nitrogens is 1. The molecule has 1 heterocycles. The molecule has 0 aliphatic carbocycles. The molecule has 4 heteroatoms. The zero-order valence-electron chi connectivity index (χ0n) is 11.6. The van der Waals surface area contributed by atoms with Crippen LogP contribution in [0.15, 0.2) is 42.7 Å². The van der Waals surface area contributed by atoms with Crippen molar-refractivity contribution in [1.82, 2.24) is 10.3 Å². The number of nitrogens with zero attached hydrogens (tertiary/aromatic N) is 1. The normalized spacial score (nSPS) is 10.5. The van der Waals surface area contributed by atoms with E-state index in [2.05, 4.69) is 17.2 Å². The van der Waals surface area contributed by atoms with Gasteiger partial charge in [-0.05, 0) is 35.9 Å². The summed E-state index contributed by atoms with van der Waals surface area (Å²) < 4.78 is 5.72. The van der Waals surface area contributed by atoms with Gasteiger partial charge in [0, 0.05) is 25.4 Å². The van der Waals surface area contributed by atoms with E-state index in [0.717, 1.165) is 36.4 Å². The SMILES string of the molecule is CCNCc1ccc(OCCc2cccnc2)c(Cl)c1. The van der Waals surface area contributed by atoms with E-state index >= 15 is 0 Å². The number of hydrogen-bond donors (Lipinski definition) is 1. The molecule has 0 atom stereocenters. The summed E-state index contributed by atoms with van der Waals surface area (Å²) >= 11 is 6.22. The molecule has 0 aliphatic rings. The molecule has 0 aliphatic heterocycles. The summed E-state index contributed by atoms with van der Waals surface area (Å²) in [5, 5.41) is 3.93. The summed E-state index contributed by atoms with van der Waals surface area (Å²) in [5.41, 5.74) is 2.32. The molecule has 2 aromatic rings. The van der Waals surface area contributed by atoms with Crippen LogP contribution in [0.3, 0.4) is 0 Å². The fraction of sp³-hybridized carbons (Fsp3) is 0.312. The van der Waals surface area contributed by atoms with Gasteiger partial charge in [0.15, 0.2) is 0 Å². The number of nitrogens with one attached hydrogen (secondary N) is 1. The second kappa shape index (κ2) is 7.88. The minimum absolute atomic E-state index is 0.595. The Hall–Kier alpha value is -1.58. The molecule has 0 spiro atoms. The zero-order valence-corrected chi connectivity index (χ0v) is 12.4. The highest BCUT2D eigenvalue weighted by Gasteiger charge is 2.03. The van der Waals surface area contributed by atoms with Gasteiger partial charge in [-0.2, -0.15) is 0 Å². The van der Waals surface area contributed by atoms with Crippen LogP contribution in [0.1, 0.15) is 18.1 Å². The molecular formula is C16H19ClN2O. The van der Waals surface area contributed by atoms with Crippen molar-refractivity contribution in [1.29, 1.82) is 0 Å². The van der Waals surface area contributed by atoms with E-state index in [1.807, 2.05) is 36.5 Å². The van der Waals surface area contributed by atoms with Crippen molar-refractivity contribution in [3.8, 4) is 5.75 Å². The van der Waals surface area contributed by atoms with Gasteiger partial charge in [-0.3, -0.25) is 4.98 Å². The van der Waals surface area contributed by atoms with Crippen molar-refractivity contribution < 1.29 is 4.74 Å². The molecule has 3 nitrogen and oxygen atoms in total. The first-order chi connectivity index (χ1) is 9.79. The van der Waals surface area contributed by atoms with Crippen LogP contribution in [0.5, 0.6) is 5.75 Å². The number of ether oxygens (including phenoxy) is 1. The van der Waals surface area contributed by atoms with Gasteiger partial charge in [0.05, 0.1) is 11.6 Å². The van der Waals surface area contributed by atoms with Gasteiger partial charge in [-0.1, -0.05) is 30.7 Å². The topological polar surface area (TPSA) is 34.1 Å². The summed E-state index contributed by atoms with van der Waals surface area (Å²) in [7, 11) is 0. The Labute approximate surface area is 124 Å². The average Bonchev–Trinajstić information content (AvgIpc) is 2.48. The number of benzene rings is 1. The second-order valence-electron chi connectivity index (χ2n) is 4.50. The molecule has 106 valence electrons. The molecule has 1 aromatic heterocycles. The Balaban J connectivity index is 1.86. The molecule has 0 amide bonds. The summed E-state index contributed by atoms with van der Waals surface area (Å²) in [5.74, 6) is 0.732. The van der Waals surface area contributed by atoms with Crippen molar-refractivity contribution in [2.75, 3.05) is 13.2 Å². The molecule has 0 unspecified atom stereocenters. The van der Waals surface area contributed by atoms with Crippen molar-refractivity contribution in [3.63, 3.8) is 0 Å². The monoisotopic (exact) mass is 290 g/mol. The second-order valence-corrected chi connectivity index (χ2v) is 4.91. The van der Waals surface area contributed by atoms with E-state index in [0.29, 0.717) is 11.6 Å². The zero-order chi connectivity index (χ0) is 14.2. The smallest absolute Gasteiger partial charge is 0.137 e. The number of halogens is 1. The Morgan fingerprint density at radius 1 is 1.25 bits per heavy atom. The Bertz CT molecular complexity index is 531. The number of rotatable bonds is 7. The summed E-state index contributed by atoms with van der Waals surface area (Å²) in [6.45, 7) is 4.45. The average molecular weight is 291 g/mol. The Morgan fingerprint density at radius 2 is 2.15 bits per heavy atom. The van der Waals surface area contributed by atoms with Gasteiger partial charge in [0.25, 0.3) is 0 Å². The quantitative estimate of drug-likeness (QED) is 0.848. The highest BCUT2D eigenvalue weighted by molar-refractivity contribution is 6.32. The van der Waals surface area contributed by atoms with E-state index in [-0.39, 0.29) is 0 Å². The van der Waals surface area contributed by atoms with Crippen LogP contribution >= 0.6 is 11.6 Å². The van der Waals surface area contributed by atoms with Crippen LogP contribution in [0.4, 0.5) is 0 Å². The van der Waals surface area contributed by atoms with Gasteiger partial charge in [0.1, 0.15) is 5.75 Å². The standard InChI is InChI=1S/C16H19ClN2O/c1-2-18-12-14-5-6-16(15(17)10-14)20-9-7-13-4-3-8-19-11-13/h3-6,8,10-11,18H,2,7,9,12H2,1H3. The number of pyridine rings is 1. The van der Waals surface area contributed by atoms with E-state index in [1.54, 1.807) is 6.20 Å². The van der Waals surface area contributed by atoms with Crippen molar-refractivity contribution in [3.05, 3.63) is 58.9 Å². The van der Waals surface area contributed by atoms with Crippen molar-refractivity contribution in [2.24, 2.45) is 0 Å². The summed E-state index contributed by atoms with van der Waals surface area (Å²) in [4.78, 5) is 4.08. The van der Waals surface area contributed by atoms with Gasteiger partial charge in [-0.25, -0.2) is 0 Å². The third-order valence-electron chi connectivity index (χ3n) is 2.95. The predicted molar refractivity (Wildman–Crippen MR) is 82.3 cm³/mol. The predicted octanol–water partition coefficient (Wildman–Crippen LogP) is 3.47. The molecule has 0 saturated carbocycles. The third kappa shape index (κ3) is 4.51. The highest BCUT2D eigenvalue weighted by Crippen LogP contribution is 2.25. The van der Waals surface area contributed by atoms with E-state index in [1.165, 1.54) is 0 Å². The molecule has 1 aromatic carbocycles. The largest absolute Gasteiger partial charge is 0.492 e. The van der Waals surface area contributed by atoms with Crippen LogP contribution in [0, 0.1) is 0 Å². The lowest BCUT2D eigenvalue weighted by Gasteiger charge is -2.10. The minimum atomic E-state index is 0.595. The molecule has 2 rings (SSSR count). The molecular weight excluding hydrogens is 272 g/mol. The van der Waals surface area contributed by atoms with Crippen molar-refractivity contribution >= 4 is 11.6 Å². The number of hydrogen-bond acceptors (Lipinski definition) is 3. The first kappa shape index (κ1) is 14.8. The van der Waals surface area contributed by atoms with Crippen LogP contribution in [-0.4, -0.2) is 18.1 Å². The third-order valence-corrected chi connectivity index (χ3v) is 3.24. The minimum Gasteiger partial charge on any atom is -0.492 e. The van der Waals surface area contributed by atoms with Crippen LogP contribution in [0.25, 0.3) is 0 Å². The van der Waals surface area contributed by atoms with Crippen LogP contribution in [-0.2, 0) is 13.0 Å². The lowest BCUT2D eigenvalue weighted by Crippen LogP contribution is -2.11. The van der Waals surface area contributed by atoms with Crippen LogP contribution < -0.4 is 10.1 Å². The lowest BCUT2D eigenvalue weighted by molar-refractivity contribution is 0.322. The fourth-order valence-electron chi connectivity index (χ4n) is 1.87. The Morgan fingerprint density at radius 3 is 2.85 bits per heavy atom. The molecule has 1 N–H and O–H groups in total. The first-order valence-electron chi connectivity index (χ1n) is 6.80. The molecule has 0 saturated heterocycles. The van der Waals surface area contributed by atoms with Crippen LogP contribution in [0.2, 0.25) is 5.02 Å². The maximum atomic E-state index is 6.22.